The number of fused-ring (bicyclic) bond motifs is 1. The average Bonchev–Trinajstić information content (AvgIpc) is 2.74. The Hall–Kier alpha value is -1.41. The van der Waals surface area contributed by atoms with Crippen molar-refractivity contribution in [3.05, 3.63) is 41.0 Å². The van der Waals surface area contributed by atoms with Crippen LogP contribution in [0.15, 0.2) is 29.8 Å². The van der Waals surface area contributed by atoms with E-state index in [0.717, 1.165) is 25.7 Å². The summed E-state index contributed by atoms with van der Waals surface area (Å²) >= 11 is 0. The van der Waals surface area contributed by atoms with Gasteiger partial charge in [0.1, 0.15) is 6.29 Å². The first-order valence-corrected chi connectivity index (χ1v) is 7.02. The van der Waals surface area contributed by atoms with E-state index in [9.17, 15) is 4.79 Å². The minimum atomic E-state index is 0.332. The minimum Gasteiger partial charge on any atom is -0.309 e. The summed E-state index contributed by atoms with van der Waals surface area (Å²) in [4.78, 5) is 13.0. The van der Waals surface area contributed by atoms with Crippen molar-refractivity contribution in [1.29, 1.82) is 0 Å². The molecule has 0 spiro atoms. The number of carbonyl (C=O) groups is 1. The number of aldehydes is 1. The van der Waals surface area contributed by atoms with Crippen LogP contribution in [0.2, 0.25) is 0 Å². The van der Waals surface area contributed by atoms with Gasteiger partial charge in [-0.05, 0) is 49.6 Å². The molecule has 0 aliphatic heterocycles. The zero-order valence-corrected chi connectivity index (χ0v) is 12.1. The van der Waals surface area contributed by atoms with Gasteiger partial charge in [-0.3, -0.25) is 0 Å². The molecule has 0 amide bonds. The van der Waals surface area contributed by atoms with Crippen LogP contribution in [0.25, 0.3) is 5.57 Å². The molecule has 0 heterocycles. The van der Waals surface area contributed by atoms with Crippen molar-refractivity contribution in [3.63, 3.8) is 0 Å². The largest absolute Gasteiger partial charge is 0.309 e. The number of allylic oxidation sites excluding steroid dienone is 1. The molecule has 1 aromatic rings. The summed E-state index contributed by atoms with van der Waals surface area (Å²) < 4.78 is 0. The number of rotatable bonds is 6. The summed E-state index contributed by atoms with van der Waals surface area (Å²) in [5.41, 5.74) is 5.73. The van der Waals surface area contributed by atoms with Crippen molar-refractivity contribution >= 4 is 11.9 Å². The van der Waals surface area contributed by atoms with Gasteiger partial charge in [-0.2, -0.15) is 0 Å². The molecule has 2 heteroatoms. The molecule has 1 aliphatic carbocycles. The highest BCUT2D eigenvalue weighted by Gasteiger charge is 2.24. The van der Waals surface area contributed by atoms with Gasteiger partial charge in [0.05, 0.1) is 0 Å². The van der Waals surface area contributed by atoms with Crippen LogP contribution in [0, 0.1) is 5.92 Å². The lowest BCUT2D eigenvalue weighted by Gasteiger charge is -2.16. The minimum absolute atomic E-state index is 0.332. The van der Waals surface area contributed by atoms with Crippen LogP contribution in [-0.4, -0.2) is 31.8 Å². The Balaban J connectivity index is 2.30. The van der Waals surface area contributed by atoms with Gasteiger partial charge < -0.3 is 9.69 Å². The summed E-state index contributed by atoms with van der Waals surface area (Å²) in [5, 5.41) is 0. The maximum absolute atomic E-state index is 10.8. The van der Waals surface area contributed by atoms with Gasteiger partial charge in [0.15, 0.2) is 0 Å². The molecule has 1 unspecified atom stereocenters. The zero-order valence-electron chi connectivity index (χ0n) is 12.1. The Morgan fingerprint density at radius 3 is 2.74 bits per heavy atom. The summed E-state index contributed by atoms with van der Waals surface area (Å²) in [5.74, 6) is 0.332. The molecule has 0 radical (unpaired) electrons. The average molecular weight is 257 g/mol. The monoisotopic (exact) mass is 257 g/mol. The van der Waals surface area contributed by atoms with Crippen LogP contribution in [0.4, 0.5) is 0 Å². The Morgan fingerprint density at radius 2 is 2.05 bits per heavy atom. The molecule has 102 valence electrons. The topological polar surface area (TPSA) is 20.3 Å². The fourth-order valence-corrected chi connectivity index (χ4v) is 2.91. The van der Waals surface area contributed by atoms with E-state index in [-0.39, 0.29) is 0 Å². The smallest absolute Gasteiger partial charge is 0.120 e. The third-order valence-corrected chi connectivity index (χ3v) is 3.90. The Labute approximate surface area is 116 Å². The number of benzene rings is 1. The van der Waals surface area contributed by atoms with Gasteiger partial charge in [0, 0.05) is 13.0 Å². The van der Waals surface area contributed by atoms with Crippen LogP contribution in [0.5, 0.6) is 0 Å². The molecular weight excluding hydrogens is 234 g/mol. The molecule has 1 atom stereocenters. The Bertz CT molecular complexity index is 488. The second-order valence-electron chi connectivity index (χ2n) is 5.71. The first-order chi connectivity index (χ1) is 9.13. The maximum atomic E-state index is 10.8. The van der Waals surface area contributed by atoms with E-state index in [1.54, 1.807) is 0 Å². The number of carbonyl (C=O) groups excluding carboxylic acids is 1. The van der Waals surface area contributed by atoms with Crippen molar-refractivity contribution in [2.45, 2.75) is 26.2 Å². The molecule has 2 rings (SSSR count). The van der Waals surface area contributed by atoms with Gasteiger partial charge in [0.25, 0.3) is 0 Å². The van der Waals surface area contributed by atoms with Crippen molar-refractivity contribution in [1.82, 2.24) is 4.90 Å². The van der Waals surface area contributed by atoms with Crippen molar-refractivity contribution in [3.8, 4) is 0 Å². The van der Waals surface area contributed by atoms with E-state index >= 15 is 0 Å². The molecule has 0 aromatic heterocycles. The highest BCUT2D eigenvalue weighted by molar-refractivity contribution is 5.79. The molecule has 2 nitrogen and oxygen atoms in total. The van der Waals surface area contributed by atoms with E-state index in [2.05, 4.69) is 50.2 Å². The van der Waals surface area contributed by atoms with E-state index < -0.39 is 0 Å². The molecule has 0 N–H and O–H groups in total. The summed E-state index contributed by atoms with van der Waals surface area (Å²) in [6, 6.07) is 8.62. The SMILES string of the molecule is CC(CC=O)C1=C(CCN(C)C)Cc2ccccc21. The number of hydrogen-bond donors (Lipinski definition) is 0. The van der Waals surface area contributed by atoms with E-state index in [0.29, 0.717) is 12.3 Å². The van der Waals surface area contributed by atoms with E-state index in [4.69, 9.17) is 0 Å². The fourth-order valence-electron chi connectivity index (χ4n) is 2.91. The molecule has 1 aromatic carbocycles. The van der Waals surface area contributed by atoms with Gasteiger partial charge in [-0.15, -0.1) is 0 Å². The third-order valence-electron chi connectivity index (χ3n) is 3.90. The zero-order chi connectivity index (χ0) is 13.8. The van der Waals surface area contributed by atoms with Crippen molar-refractivity contribution in [2.24, 2.45) is 5.92 Å². The highest BCUT2D eigenvalue weighted by atomic mass is 16.1. The van der Waals surface area contributed by atoms with E-state index in [1.807, 2.05) is 0 Å². The van der Waals surface area contributed by atoms with Crippen LogP contribution >= 0.6 is 0 Å². The summed E-state index contributed by atoms with van der Waals surface area (Å²) in [6.07, 6.45) is 3.82. The first-order valence-electron chi connectivity index (χ1n) is 7.02. The fraction of sp³-hybridized carbons (Fsp3) is 0.471. The normalized spacial score (nSPS) is 15.8. The quantitative estimate of drug-likeness (QED) is 0.730. The van der Waals surface area contributed by atoms with Crippen LogP contribution in [0.1, 0.15) is 30.9 Å². The van der Waals surface area contributed by atoms with Crippen molar-refractivity contribution in [2.75, 3.05) is 20.6 Å². The molecule has 1 aliphatic rings. The van der Waals surface area contributed by atoms with Crippen LogP contribution < -0.4 is 0 Å². The lowest BCUT2D eigenvalue weighted by atomic mass is 9.90. The Morgan fingerprint density at radius 1 is 1.32 bits per heavy atom. The molecule has 0 fully saturated rings. The second-order valence-corrected chi connectivity index (χ2v) is 5.71. The molecule has 19 heavy (non-hydrogen) atoms. The standard InChI is InChI=1S/C17H23NO/c1-13(9-11-19)17-15(8-10-18(2)3)12-14-6-4-5-7-16(14)17/h4-7,11,13H,8-10,12H2,1-3H3. The van der Waals surface area contributed by atoms with Gasteiger partial charge in [0.2, 0.25) is 0 Å². The number of nitrogens with zero attached hydrogens (tertiary/aromatic N) is 1. The predicted molar refractivity (Wildman–Crippen MR) is 80.1 cm³/mol. The summed E-state index contributed by atoms with van der Waals surface area (Å²) in [7, 11) is 4.22. The van der Waals surface area contributed by atoms with Crippen LogP contribution in [0.3, 0.4) is 0 Å². The number of hydrogen-bond acceptors (Lipinski definition) is 2. The van der Waals surface area contributed by atoms with E-state index in [1.165, 1.54) is 22.3 Å². The lowest BCUT2D eigenvalue weighted by molar-refractivity contribution is -0.108. The molecule has 0 bridgehead atoms. The first kappa shape index (κ1) is 14.0. The van der Waals surface area contributed by atoms with Crippen molar-refractivity contribution < 1.29 is 4.79 Å². The van der Waals surface area contributed by atoms with Gasteiger partial charge >= 0.3 is 0 Å². The van der Waals surface area contributed by atoms with Gasteiger partial charge in [-0.1, -0.05) is 36.8 Å². The maximum Gasteiger partial charge on any atom is 0.120 e. The molecule has 0 saturated heterocycles. The summed E-state index contributed by atoms with van der Waals surface area (Å²) in [6.45, 7) is 3.24. The highest BCUT2D eigenvalue weighted by Crippen LogP contribution is 2.39. The predicted octanol–water partition coefficient (Wildman–Crippen LogP) is 3.17. The van der Waals surface area contributed by atoms with Gasteiger partial charge in [-0.25, -0.2) is 0 Å². The third kappa shape index (κ3) is 3.13. The van der Waals surface area contributed by atoms with Crippen LogP contribution in [-0.2, 0) is 11.2 Å². The molecule has 0 saturated carbocycles. The molecular formula is C17H23NO. The lowest BCUT2D eigenvalue weighted by Crippen LogP contribution is -2.14. The second kappa shape index (κ2) is 6.16. The Kier molecular flexibility index (Phi) is 4.54.